The van der Waals surface area contributed by atoms with Gasteiger partial charge in [-0.15, -0.1) is 0 Å². The lowest BCUT2D eigenvalue weighted by Crippen LogP contribution is -2.44. The third-order valence-corrected chi connectivity index (χ3v) is 4.66. The molecule has 0 bridgehead atoms. The van der Waals surface area contributed by atoms with E-state index < -0.39 is 11.8 Å². The maximum atomic E-state index is 13.0. The van der Waals surface area contributed by atoms with Crippen LogP contribution in [0.3, 0.4) is 0 Å². The van der Waals surface area contributed by atoms with Crippen LogP contribution < -0.4 is 5.32 Å². The van der Waals surface area contributed by atoms with Crippen LogP contribution in [-0.2, 0) is 16.0 Å². The van der Waals surface area contributed by atoms with Crippen LogP contribution in [0, 0.1) is 11.7 Å². The molecule has 1 aliphatic heterocycles. The van der Waals surface area contributed by atoms with Crippen molar-refractivity contribution in [1.82, 2.24) is 4.90 Å². The summed E-state index contributed by atoms with van der Waals surface area (Å²) in [5, 5.41) is 11.8. The summed E-state index contributed by atoms with van der Waals surface area (Å²) in [6.45, 7) is 1.07. The van der Waals surface area contributed by atoms with Crippen LogP contribution in [0.1, 0.15) is 18.4 Å². The normalized spacial score (nSPS) is 14.9. The Bertz CT molecular complexity index is 767. The van der Waals surface area contributed by atoms with Crippen LogP contribution in [0.15, 0.2) is 48.5 Å². The fourth-order valence-electron chi connectivity index (χ4n) is 3.17. The van der Waals surface area contributed by atoms with Crippen molar-refractivity contribution < 1.29 is 19.1 Å². The Labute approximate surface area is 151 Å². The first-order chi connectivity index (χ1) is 12.5. The van der Waals surface area contributed by atoms with Gasteiger partial charge >= 0.3 is 11.8 Å². The maximum Gasteiger partial charge on any atom is 0.313 e. The fraction of sp³-hybridized carbons (Fsp3) is 0.300. The highest BCUT2D eigenvalue weighted by molar-refractivity contribution is 6.39. The summed E-state index contributed by atoms with van der Waals surface area (Å²) >= 11 is 0. The standard InChI is InChI=1S/C20H21FN2O3/c21-16-3-1-14(2-4-16)13-15-9-11-23(12-10-15)20(26)19(25)22-17-5-7-18(24)8-6-17/h1-8,15,24H,9-13H2,(H,22,25). The Morgan fingerprint density at radius 1 is 1.04 bits per heavy atom. The predicted molar refractivity (Wildman–Crippen MR) is 96.1 cm³/mol. The van der Waals surface area contributed by atoms with Gasteiger partial charge in [0.15, 0.2) is 0 Å². The lowest BCUT2D eigenvalue weighted by atomic mass is 9.90. The Hall–Kier alpha value is -2.89. The maximum absolute atomic E-state index is 13.0. The highest BCUT2D eigenvalue weighted by Crippen LogP contribution is 2.22. The zero-order valence-electron chi connectivity index (χ0n) is 14.3. The molecule has 3 rings (SSSR count). The Morgan fingerprint density at radius 2 is 1.65 bits per heavy atom. The van der Waals surface area contributed by atoms with Crippen molar-refractivity contribution in [3.63, 3.8) is 0 Å². The van der Waals surface area contributed by atoms with Crippen molar-refractivity contribution in [2.24, 2.45) is 5.92 Å². The minimum Gasteiger partial charge on any atom is -0.508 e. The highest BCUT2D eigenvalue weighted by atomic mass is 19.1. The molecule has 1 heterocycles. The second-order valence-electron chi connectivity index (χ2n) is 6.57. The number of phenolic OH excluding ortho intramolecular Hbond substituents is 1. The van der Waals surface area contributed by atoms with E-state index in [9.17, 15) is 19.1 Å². The van der Waals surface area contributed by atoms with Crippen molar-refractivity contribution in [3.05, 3.63) is 59.9 Å². The molecule has 2 aromatic rings. The summed E-state index contributed by atoms with van der Waals surface area (Å²) < 4.78 is 13.0. The van der Waals surface area contributed by atoms with Gasteiger partial charge in [-0.3, -0.25) is 9.59 Å². The second-order valence-corrected chi connectivity index (χ2v) is 6.57. The molecule has 1 fully saturated rings. The molecule has 5 nitrogen and oxygen atoms in total. The average Bonchev–Trinajstić information content (AvgIpc) is 2.65. The molecule has 1 aliphatic rings. The molecule has 26 heavy (non-hydrogen) atoms. The molecular weight excluding hydrogens is 335 g/mol. The Kier molecular flexibility index (Phi) is 5.51. The van der Waals surface area contributed by atoms with Crippen molar-refractivity contribution in [2.75, 3.05) is 18.4 Å². The van der Waals surface area contributed by atoms with Gasteiger partial charge in [-0.25, -0.2) is 4.39 Å². The topological polar surface area (TPSA) is 69.6 Å². The predicted octanol–water partition coefficient (Wildman–Crippen LogP) is 2.95. The van der Waals surface area contributed by atoms with Gasteiger partial charge in [-0.05, 0) is 67.1 Å². The first-order valence-electron chi connectivity index (χ1n) is 8.65. The number of nitrogens with zero attached hydrogens (tertiary/aromatic N) is 1. The second kappa shape index (κ2) is 7.99. The molecule has 0 spiro atoms. The number of hydrogen-bond donors (Lipinski definition) is 2. The average molecular weight is 356 g/mol. The van der Waals surface area contributed by atoms with Crippen LogP contribution in [0.2, 0.25) is 0 Å². The molecule has 2 aromatic carbocycles. The van der Waals surface area contributed by atoms with E-state index in [4.69, 9.17) is 0 Å². The number of halogens is 1. The van der Waals surface area contributed by atoms with Gasteiger partial charge in [0.05, 0.1) is 0 Å². The van der Waals surface area contributed by atoms with Crippen molar-refractivity contribution >= 4 is 17.5 Å². The number of hydrogen-bond acceptors (Lipinski definition) is 3. The number of piperidine rings is 1. The lowest BCUT2D eigenvalue weighted by Gasteiger charge is -2.31. The highest BCUT2D eigenvalue weighted by Gasteiger charge is 2.27. The van der Waals surface area contributed by atoms with E-state index in [0.717, 1.165) is 24.8 Å². The third kappa shape index (κ3) is 4.59. The zero-order chi connectivity index (χ0) is 18.5. The van der Waals surface area contributed by atoms with Crippen LogP contribution >= 0.6 is 0 Å². The summed E-state index contributed by atoms with van der Waals surface area (Å²) in [5.41, 5.74) is 1.55. The molecular formula is C20H21FN2O3. The number of amides is 2. The monoisotopic (exact) mass is 356 g/mol. The number of benzene rings is 2. The number of phenols is 1. The Morgan fingerprint density at radius 3 is 2.27 bits per heavy atom. The SMILES string of the molecule is O=C(Nc1ccc(O)cc1)C(=O)N1CCC(Cc2ccc(F)cc2)CC1. The lowest BCUT2D eigenvalue weighted by molar-refractivity contribution is -0.144. The van der Waals surface area contributed by atoms with Crippen LogP contribution in [0.4, 0.5) is 10.1 Å². The molecule has 0 aromatic heterocycles. The molecule has 136 valence electrons. The number of likely N-dealkylation sites (tertiary alicyclic amines) is 1. The molecule has 2 N–H and O–H groups in total. The summed E-state index contributed by atoms with van der Waals surface area (Å²) in [6, 6.07) is 12.5. The van der Waals surface area contributed by atoms with Gasteiger partial charge in [0.2, 0.25) is 0 Å². The van der Waals surface area contributed by atoms with Crippen LogP contribution in [-0.4, -0.2) is 34.9 Å². The minimum atomic E-state index is -0.673. The molecule has 0 saturated carbocycles. The molecule has 2 amide bonds. The number of carbonyl (C=O) groups excluding carboxylic acids is 2. The van der Waals surface area contributed by atoms with E-state index in [2.05, 4.69) is 5.32 Å². The number of nitrogens with one attached hydrogen (secondary N) is 1. The molecule has 6 heteroatoms. The van der Waals surface area contributed by atoms with Crippen LogP contribution in [0.25, 0.3) is 0 Å². The largest absolute Gasteiger partial charge is 0.508 e. The summed E-state index contributed by atoms with van der Waals surface area (Å²) in [7, 11) is 0. The summed E-state index contributed by atoms with van der Waals surface area (Å²) in [6.07, 6.45) is 2.48. The number of aromatic hydroxyl groups is 1. The van der Waals surface area contributed by atoms with Crippen molar-refractivity contribution in [3.8, 4) is 5.75 Å². The van der Waals surface area contributed by atoms with Crippen molar-refractivity contribution in [2.45, 2.75) is 19.3 Å². The smallest absolute Gasteiger partial charge is 0.313 e. The number of rotatable bonds is 3. The molecule has 0 radical (unpaired) electrons. The molecule has 1 saturated heterocycles. The minimum absolute atomic E-state index is 0.0950. The zero-order valence-corrected chi connectivity index (χ0v) is 14.3. The van der Waals surface area contributed by atoms with E-state index in [1.165, 1.54) is 36.4 Å². The van der Waals surface area contributed by atoms with Gasteiger partial charge < -0.3 is 15.3 Å². The first-order valence-corrected chi connectivity index (χ1v) is 8.65. The first kappa shape index (κ1) is 17.9. The van der Waals surface area contributed by atoms with E-state index >= 15 is 0 Å². The van der Waals surface area contributed by atoms with Gasteiger partial charge in [0.1, 0.15) is 11.6 Å². The van der Waals surface area contributed by atoms with Gasteiger partial charge in [0, 0.05) is 18.8 Å². The summed E-state index contributed by atoms with van der Waals surface area (Å²) in [4.78, 5) is 26.0. The Balaban J connectivity index is 1.49. The van der Waals surface area contributed by atoms with Gasteiger partial charge in [-0.1, -0.05) is 12.1 Å². The number of anilines is 1. The fourth-order valence-corrected chi connectivity index (χ4v) is 3.17. The van der Waals surface area contributed by atoms with E-state index in [1.807, 2.05) is 0 Å². The van der Waals surface area contributed by atoms with E-state index in [-0.39, 0.29) is 11.6 Å². The van der Waals surface area contributed by atoms with Crippen LogP contribution in [0.5, 0.6) is 5.75 Å². The van der Waals surface area contributed by atoms with E-state index in [1.54, 1.807) is 17.0 Å². The molecule has 0 unspecified atom stereocenters. The molecule has 0 aliphatic carbocycles. The van der Waals surface area contributed by atoms with Gasteiger partial charge in [-0.2, -0.15) is 0 Å². The van der Waals surface area contributed by atoms with E-state index in [0.29, 0.717) is 24.7 Å². The number of carbonyl (C=O) groups is 2. The van der Waals surface area contributed by atoms with Gasteiger partial charge in [0.25, 0.3) is 0 Å². The third-order valence-electron chi connectivity index (χ3n) is 4.66. The quantitative estimate of drug-likeness (QED) is 0.656. The molecule has 0 atom stereocenters. The van der Waals surface area contributed by atoms with Crippen molar-refractivity contribution in [1.29, 1.82) is 0 Å². The summed E-state index contributed by atoms with van der Waals surface area (Å²) in [5.74, 6) is -0.943.